The molecule has 1 N–H and O–H groups in total. The summed E-state index contributed by atoms with van der Waals surface area (Å²) in [6.45, 7) is 1.24. The molecule has 0 aliphatic carbocycles. The van der Waals surface area contributed by atoms with Crippen molar-refractivity contribution in [2.45, 2.75) is 12.5 Å². The van der Waals surface area contributed by atoms with Crippen molar-refractivity contribution in [3.05, 3.63) is 47.9 Å². The molecule has 114 valence electrons. The van der Waals surface area contributed by atoms with Crippen LogP contribution in [0.4, 0.5) is 0 Å². The molecule has 3 aromatic rings. The van der Waals surface area contributed by atoms with Gasteiger partial charge in [0.25, 0.3) is 5.91 Å². The fourth-order valence-electron chi connectivity index (χ4n) is 3.01. The number of nitriles is 1. The van der Waals surface area contributed by atoms with Crippen molar-refractivity contribution in [3.63, 3.8) is 0 Å². The fraction of sp³-hybridized carbons (Fsp3) is 0.250. The van der Waals surface area contributed by atoms with Crippen LogP contribution in [0.5, 0.6) is 0 Å². The molecule has 7 heteroatoms. The number of likely N-dealkylation sites (tertiary alicyclic amines) is 1. The number of aromatic amines is 1. The zero-order chi connectivity index (χ0) is 15.8. The number of H-pyrrole nitrogens is 1. The van der Waals surface area contributed by atoms with Crippen LogP contribution in [0.3, 0.4) is 0 Å². The smallest absolute Gasteiger partial charge is 0.275 e. The Morgan fingerprint density at radius 2 is 2.26 bits per heavy atom. The van der Waals surface area contributed by atoms with Crippen LogP contribution in [0.1, 0.15) is 28.5 Å². The van der Waals surface area contributed by atoms with E-state index in [9.17, 15) is 4.79 Å². The largest absolute Gasteiger partial charge is 0.335 e. The predicted octanol–water partition coefficient (Wildman–Crippen LogP) is 1.72. The van der Waals surface area contributed by atoms with Crippen molar-refractivity contribution in [1.29, 1.82) is 5.26 Å². The van der Waals surface area contributed by atoms with Gasteiger partial charge in [-0.3, -0.25) is 14.6 Å². The number of benzene rings is 1. The summed E-state index contributed by atoms with van der Waals surface area (Å²) in [6.07, 6.45) is 4.09. The highest BCUT2D eigenvalue weighted by Gasteiger charge is 2.30. The Balaban J connectivity index is 1.55. The molecule has 0 bridgehead atoms. The molecule has 1 fully saturated rings. The van der Waals surface area contributed by atoms with Gasteiger partial charge in [0, 0.05) is 24.7 Å². The molecular formula is C16H14N6O. The summed E-state index contributed by atoms with van der Waals surface area (Å²) in [5.74, 6) is -0.0717. The number of para-hydroxylation sites is 1. The molecule has 0 saturated carbocycles. The number of nitrogens with zero attached hydrogens (tertiary/aromatic N) is 5. The Labute approximate surface area is 132 Å². The number of carbonyl (C=O) groups excluding carboxylic acids is 1. The number of nitrogens with one attached hydrogen (secondary N) is 1. The number of fused-ring (bicyclic) bond motifs is 1. The third-order valence-electron chi connectivity index (χ3n) is 4.23. The standard InChI is InChI=1S/C16H14N6O/c17-7-11-8-18-22(9-11)12-5-6-21(10-12)16(23)15-13-3-1-2-4-14(13)19-20-15/h1-4,8-9,12H,5-6,10H2,(H,19,20). The summed E-state index contributed by atoms with van der Waals surface area (Å²) in [7, 11) is 0. The Bertz CT molecular complexity index is 918. The molecule has 0 radical (unpaired) electrons. The van der Waals surface area contributed by atoms with Gasteiger partial charge in [0.2, 0.25) is 0 Å². The summed E-state index contributed by atoms with van der Waals surface area (Å²) in [4.78, 5) is 14.5. The first-order valence-electron chi connectivity index (χ1n) is 7.43. The lowest BCUT2D eigenvalue weighted by Gasteiger charge is -2.15. The SMILES string of the molecule is N#Cc1cnn(C2CCN(C(=O)c3n[nH]c4ccccc34)C2)c1. The lowest BCUT2D eigenvalue weighted by Crippen LogP contribution is -2.29. The van der Waals surface area contributed by atoms with Gasteiger partial charge < -0.3 is 4.90 Å². The summed E-state index contributed by atoms with van der Waals surface area (Å²) in [5, 5.41) is 21.0. The van der Waals surface area contributed by atoms with Gasteiger partial charge >= 0.3 is 0 Å². The van der Waals surface area contributed by atoms with Crippen molar-refractivity contribution in [2.24, 2.45) is 0 Å². The Kier molecular flexibility index (Phi) is 3.08. The van der Waals surface area contributed by atoms with E-state index in [0.717, 1.165) is 17.3 Å². The minimum atomic E-state index is -0.0717. The molecule has 23 heavy (non-hydrogen) atoms. The summed E-state index contributed by atoms with van der Waals surface area (Å²) >= 11 is 0. The number of aromatic nitrogens is 4. The second-order valence-electron chi connectivity index (χ2n) is 5.63. The van der Waals surface area contributed by atoms with E-state index in [4.69, 9.17) is 5.26 Å². The maximum atomic E-state index is 12.7. The van der Waals surface area contributed by atoms with Gasteiger partial charge in [0.15, 0.2) is 5.69 Å². The molecule has 1 atom stereocenters. The second-order valence-corrected chi connectivity index (χ2v) is 5.63. The van der Waals surface area contributed by atoms with Gasteiger partial charge in [-0.25, -0.2) is 0 Å². The normalized spacial score (nSPS) is 17.5. The van der Waals surface area contributed by atoms with Crippen LogP contribution in [0.15, 0.2) is 36.7 Å². The van der Waals surface area contributed by atoms with Crippen molar-refractivity contribution >= 4 is 16.8 Å². The van der Waals surface area contributed by atoms with E-state index >= 15 is 0 Å². The first-order chi connectivity index (χ1) is 11.3. The molecule has 1 aliphatic heterocycles. The predicted molar refractivity (Wildman–Crippen MR) is 82.6 cm³/mol. The van der Waals surface area contributed by atoms with Gasteiger partial charge in [-0.05, 0) is 12.5 Å². The number of hydrogen-bond acceptors (Lipinski definition) is 4. The molecule has 1 aromatic carbocycles. The zero-order valence-electron chi connectivity index (χ0n) is 12.3. The summed E-state index contributed by atoms with van der Waals surface area (Å²) in [5.41, 5.74) is 1.85. The highest BCUT2D eigenvalue weighted by Crippen LogP contribution is 2.24. The quantitative estimate of drug-likeness (QED) is 0.780. The van der Waals surface area contributed by atoms with Crippen molar-refractivity contribution < 1.29 is 4.79 Å². The van der Waals surface area contributed by atoms with Crippen LogP contribution in [-0.4, -0.2) is 43.9 Å². The molecule has 7 nitrogen and oxygen atoms in total. The average Bonchev–Trinajstić information content (AvgIpc) is 3.31. The van der Waals surface area contributed by atoms with E-state index in [1.165, 1.54) is 0 Å². The van der Waals surface area contributed by atoms with Gasteiger partial charge in [-0.2, -0.15) is 15.5 Å². The van der Waals surface area contributed by atoms with Crippen molar-refractivity contribution in [2.75, 3.05) is 13.1 Å². The molecule has 1 amide bonds. The lowest BCUT2D eigenvalue weighted by molar-refractivity contribution is 0.0783. The first kappa shape index (κ1) is 13.5. The van der Waals surface area contributed by atoms with Crippen LogP contribution in [-0.2, 0) is 0 Å². The van der Waals surface area contributed by atoms with E-state index < -0.39 is 0 Å². The number of hydrogen-bond donors (Lipinski definition) is 1. The minimum Gasteiger partial charge on any atom is -0.335 e. The number of carbonyl (C=O) groups is 1. The van der Waals surface area contributed by atoms with Crippen molar-refractivity contribution in [3.8, 4) is 6.07 Å². The molecule has 1 unspecified atom stereocenters. The maximum absolute atomic E-state index is 12.7. The van der Waals surface area contributed by atoms with E-state index in [-0.39, 0.29) is 11.9 Å². The Morgan fingerprint density at radius 1 is 1.39 bits per heavy atom. The number of amides is 1. The van der Waals surface area contributed by atoms with Crippen molar-refractivity contribution in [1.82, 2.24) is 24.9 Å². The Morgan fingerprint density at radius 3 is 3.09 bits per heavy atom. The molecular weight excluding hydrogens is 292 g/mol. The second kappa shape index (κ2) is 5.25. The van der Waals surface area contributed by atoms with Crippen LogP contribution >= 0.6 is 0 Å². The lowest BCUT2D eigenvalue weighted by atomic mass is 10.2. The van der Waals surface area contributed by atoms with E-state index in [0.29, 0.717) is 24.3 Å². The van der Waals surface area contributed by atoms with Crippen LogP contribution in [0.2, 0.25) is 0 Å². The van der Waals surface area contributed by atoms with Crippen LogP contribution in [0, 0.1) is 11.3 Å². The third kappa shape index (κ3) is 2.25. The molecule has 2 aromatic heterocycles. The van der Waals surface area contributed by atoms with E-state index in [2.05, 4.69) is 21.4 Å². The topological polar surface area (TPSA) is 90.6 Å². The third-order valence-corrected chi connectivity index (χ3v) is 4.23. The molecule has 0 spiro atoms. The summed E-state index contributed by atoms with van der Waals surface area (Å²) < 4.78 is 1.77. The molecule has 3 heterocycles. The summed E-state index contributed by atoms with van der Waals surface area (Å²) in [6, 6.07) is 9.77. The molecule has 1 saturated heterocycles. The minimum absolute atomic E-state index is 0.0717. The van der Waals surface area contributed by atoms with Gasteiger partial charge in [-0.15, -0.1) is 0 Å². The monoisotopic (exact) mass is 306 g/mol. The van der Waals surface area contributed by atoms with E-state index in [1.54, 1.807) is 22.0 Å². The molecule has 4 rings (SSSR count). The van der Waals surface area contributed by atoms with Gasteiger partial charge in [-0.1, -0.05) is 18.2 Å². The highest BCUT2D eigenvalue weighted by molar-refractivity contribution is 6.04. The first-order valence-corrected chi connectivity index (χ1v) is 7.43. The average molecular weight is 306 g/mol. The fourth-order valence-corrected chi connectivity index (χ4v) is 3.01. The number of rotatable bonds is 2. The van der Waals surface area contributed by atoms with Crippen LogP contribution in [0.25, 0.3) is 10.9 Å². The zero-order valence-corrected chi connectivity index (χ0v) is 12.3. The maximum Gasteiger partial charge on any atom is 0.275 e. The van der Waals surface area contributed by atoms with Crippen LogP contribution < -0.4 is 0 Å². The van der Waals surface area contributed by atoms with Gasteiger partial charge in [0.1, 0.15) is 6.07 Å². The highest BCUT2D eigenvalue weighted by atomic mass is 16.2. The van der Waals surface area contributed by atoms with E-state index in [1.807, 2.05) is 24.3 Å². The van der Waals surface area contributed by atoms with Gasteiger partial charge in [0.05, 0.1) is 23.3 Å². The molecule has 1 aliphatic rings. The Hall–Kier alpha value is -3.14.